The SMILES string of the molecule is COc1ccccc1CCNC(=O)C[NH+]1CC[NH+](Cc2ccc(OC)c(OC)c2)CC1. The van der Waals surface area contributed by atoms with E-state index in [1.807, 2.05) is 30.3 Å². The van der Waals surface area contributed by atoms with Gasteiger partial charge in [-0.3, -0.25) is 4.79 Å². The van der Waals surface area contributed by atoms with Gasteiger partial charge < -0.3 is 29.3 Å². The van der Waals surface area contributed by atoms with Crippen molar-refractivity contribution < 1.29 is 28.8 Å². The molecule has 7 nitrogen and oxygen atoms in total. The number of piperazine rings is 1. The minimum Gasteiger partial charge on any atom is -0.496 e. The van der Waals surface area contributed by atoms with Crippen LogP contribution >= 0.6 is 0 Å². The lowest BCUT2D eigenvalue weighted by molar-refractivity contribution is -1.02. The molecule has 0 bridgehead atoms. The summed E-state index contributed by atoms with van der Waals surface area (Å²) >= 11 is 0. The Kier molecular flexibility index (Phi) is 8.55. The number of nitrogens with one attached hydrogen (secondary N) is 3. The van der Waals surface area contributed by atoms with E-state index >= 15 is 0 Å². The molecule has 0 spiro atoms. The molecule has 1 saturated heterocycles. The van der Waals surface area contributed by atoms with Crippen LogP contribution in [0.5, 0.6) is 17.2 Å². The van der Waals surface area contributed by atoms with E-state index in [2.05, 4.69) is 17.4 Å². The largest absolute Gasteiger partial charge is 0.496 e. The Hall–Kier alpha value is -2.77. The van der Waals surface area contributed by atoms with E-state index in [1.54, 1.807) is 21.3 Å². The number of carbonyl (C=O) groups excluding carboxylic acids is 1. The van der Waals surface area contributed by atoms with Crippen molar-refractivity contribution in [3.05, 3.63) is 53.6 Å². The third-order valence-electron chi connectivity index (χ3n) is 5.89. The lowest BCUT2D eigenvalue weighted by Gasteiger charge is -2.29. The van der Waals surface area contributed by atoms with Gasteiger partial charge in [0, 0.05) is 12.1 Å². The minimum absolute atomic E-state index is 0.119. The zero-order valence-electron chi connectivity index (χ0n) is 18.8. The zero-order chi connectivity index (χ0) is 22.1. The van der Waals surface area contributed by atoms with Gasteiger partial charge in [0.15, 0.2) is 18.0 Å². The maximum atomic E-state index is 12.4. The van der Waals surface area contributed by atoms with Gasteiger partial charge in [0.05, 0.1) is 21.3 Å². The van der Waals surface area contributed by atoms with Crippen LogP contribution in [-0.2, 0) is 17.8 Å². The van der Waals surface area contributed by atoms with Gasteiger partial charge >= 0.3 is 0 Å². The normalized spacial score (nSPS) is 18.3. The van der Waals surface area contributed by atoms with Gasteiger partial charge in [-0.25, -0.2) is 0 Å². The molecule has 0 saturated carbocycles. The van der Waals surface area contributed by atoms with Crippen LogP contribution in [0.1, 0.15) is 11.1 Å². The van der Waals surface area contributed by atoms with Gasteiger partial charge in [-0.1, -0.05) is 18.2 Å². The van der Waals surface area contributed by atoms with E-state index in [0.717, 1.165) is 62.0 Å². The van der Waals surface area contributed by atoms with Crippen LogP contribution < -0.4 is 29.3 Å². The first kappa shape index (κ1) is 22.9. The van der Waals surface area contributed by atoms with Crippen molar-refractivity contribution in [1.29, 1.82) is 0 Å². The Labute approximate surface area is 184 Å². The highest BCUT2D eigenvalue weighted by Crippen LogP contribution is 2.27. The van der Waals surface area contributed by atoms with Crippen LogP contribution in [0.2, 0.25) is 0 Å². The monoisotopic (exact) mass is 429 g/mol. The summed E-state index contributed by atoms with van der Waals surface area (Å²) in [6.45, 7) is 6.24. The molecule has 3 N–H and O–H groups in total. The number of rotatable bonds is 10. The molecule has 0 unspecified atom stereocenters. The highest BCUT2D eigenvalue weighted by Gasteiger charge is 2.25. The number of para-hydroxylation sites is 1. The first-order valence-corrected chi connectivity index (χ1v) is 10.9. The number of amides is 1. The molecule has 7 heteroatoms. The summed E-state index contributed by atoms with van der Waals surface area (Å²) in [4.78, 5) is 15.3. The molecule has 0 aliphatic carbocycles. The first-order chi connectivity index (χ1) is 15.1. The molecule has 0 aromatic heterocycles. The summed E-state index contributed by atoms with van der Waals surface area (Å²) < 4.78 is 16.1. The van der Waals surface area contributed by atoms with E-state index in [9.17, 15) is 4.79 Å². The maximum Gasteiger partial charge on any atom is 0.275 e. The van der Waals surface area contributed by atoms with Gasteiger partial charge in [-0.2, -0.15) is 0 Å². The van der Waals surface area contributed by atoms with Crippen LogP contribution in [0.15, 0.2) is 42.5 Å². The fourth-order valence-electron chi connectivity index (χ4n) is 4.13. The molecule has 1 heterocycles. The van der Waals surface area contributed by atoms with E-state index in [4.69, 9.17) is 14.2 Å². The van der Waals surface area contributed by atoms with Crippen molar-refractivity contribution in [3.8, 4) is 17.2 Å². The molecule has 1 amide bonds. The van der Waals surface area contributed by atoms with Gasteiger partial charge in [0.1, 0.15) is 38.5 Å². The number of benzene rings is 2. The molecule has 31 heavy (non-hydrogen) atoms. The number of ether oxygens (including phenoxy) is 3. The fourth-order valence-corrected chi connectivity index (χ4v) is 4.13. The van der Waals surface area contributed by atoms with Crippen molar-refractivity contribution in [2.24, 2.45) is 0 Å². The summed E-state index contributed by atoms with van der Waals surface area (Å²) in [7, 11) is 4.99. The smallest absolute Gasteiger partial charge is 0.275 e. The summed E-state index contributed by atoms with van der Waals surface area (Å²) in [6, 6.07) is 14.1. The summed E-state index contributed by atoms with van der Waals surface area (Å²) in [5.41, 5.74) is 2.36. The number of methoxy groups -OCH3 is 3. The molecule has 2 aromatic rings. The lowest BCUT2D eigenvalue weighted by Crippen LogP contribution is -3.28. The maximum absolute atomic E-state index is 12.4. The van der Waals surface area contributed by atoms with Gasteiger partial charge in [0.25, 0.3) is 5.91 Å². The summed E-state index contributed by atoms with van der Waals surface area (Å²) in [5.74, 6) is 2.52. The zero-order valence-corrected chi connectivity index (χ0v) is 18.8. The molecule has 1 aliphatic rings. The van der Waals surface area contributed by atoms with Crippen LogP contribution in [-0.4, -0.2) is 66.5 Å². The third-order valence-corrected chi connectivity index (χ3v) is 5.89. The summed E-state index contributed by atoms with van der Waals surface area (Å²) in [6.07, 6.45) is 0.772. The summed E-state index contributed by atoms with van der Waals surface area (Å²) in [5, 5.41) is 3.06. The molecule has 1 aliphatic heterocycles. The standard InChI is InChI=1S/C24H33N3O4/c1-29-21-7-5-4-6-20(21)10-11-25-24(28)18-27-14-12-26(13-15-27)17-19-8-9-22(30-2)23(16-19)31-3/h4-9,16H,10-15,17-18H2,1-3H3,(H,25,28)/p+2. The van der Waals surface area contributed by atoms with E-state index in [0.29, 0.717) is 13.1 Å². The predicted molar refractivity (Wildman–Crippen MR) is 119 cm³/mol. The predicted octanol–water partition coefficient (Wildman–Crippen LogP) is -0.645. The minimum atomic E-state index is 0.119. The molecule has 0 atom stereocenters. The average Bonchev–Trinajstić information content (AvgIpc) is 2.80. The lowest BCUT2D eigenvalue weighted by atomic mass is 10.1. The molecule has 0 radical (unpaired) electrons. The first-order valence-electron chi connectivity index (χ1n) is 10.9. The van der Waals surface area contributed by atoms with Gasteiger partial charge in [0.2, 0.25) is 0 Å². The van der Waals surface area contributed by atoms with Crippen molar-refractivity contribution in [3.63, 3.8) is 0 Å². The number of carbonyl (C=O) groups is 1. The molecule has 2 aromatic carbocycles. The Balaban J connectivity index is 1.38. The average molecular weight is 430 g/mol. The Morgan fingerprint density at radius 2 is 1.55 bits per heavy atom. The molecule has 3 rings (SSSR count). The molecule has 168 valence electrons. The second kappa shape index (κ2) is 11.6. The Morgan fingerprint density at radius 1 is 0.871 bits per heavy atom. The van der Waals surface area contributed by atoms with Gasteiger partial charge in [-0.15, -0.1) is 0 Å². The van der Waals surface area contributed by atoms with Gasteiger partial charge in [-0.05, 0) is 36.2 Å². The second-order valence-electron chi connectivity index (χ2n) is 7.95. The van der Waals surface area contributed by atoms with Crippen LogP contribution in [0.3, 0.4) is 0 Å². The van der Waals surface area contributed by atoms with Crippen molar-refractivity contribution >= 4 is 5.91 Å². The number of quaternary nitrogens is 2. The highest BCUT2D eigenvalue weighted by atomic mass is 16.5. The molecule has 1 fully saturated rings. The number of hydrogen-bond acceptors (Lipinski definition) is 4. The fraction of sp³-hybridized carbons (Fsp3) is 0.458. The van der Waals surface area contributed by atoms with E-state index < -0.39 is 0 Å². The Bertz CT molecular complexity index is 850. The van der Waals surface area contributed by atoms with Crippen molar-refractivity contribution in [2.75, 3.05) is 60.6 Å². The van der Waals surface area contributed by atoms with Crippen molar-refractivity contribution in [2.45, 2.75) is 13.0 Å². The number of hydrogen-bond donors (Lipinski definition) is 3. The highest BCUT2D eigenvalue weighted by molar-refractivity contribution is 5.76. The van der Waals surface area contributed by atoms with Crippen LogP contribution in [0, 0.1) is 0 Å². The van der Waals surface area contributed by atoms with Crippen LogP contribution in [0.25, 0.3) is 0 Å². The Morgan fingerprint density at radius 3 is 2.26 bits per heavy atom. The third kappa shape index (κ3) is 6.60. The second-order valence-corrected chi connectivity index (χ2v) is 7.95. The quantitative estimate of drug-likeness (QED) is 0.470. The van der Waals surface area contributed by atoms with Crippen LogP contribution in [0.4, 0.5) is 0 Å². The van der Waals surface area contributed by atoms with E-state index in [1.165, 1.54) is 15.4 Å². The van der Waals surface area contributed by atoms with Crippen molar-refractivity contribution in [1.82, 2.24) is 5.32 Å². The molecular weight excluding hydrogens is 394 g/mol. The topological polar surface area (TPSA) is 65.7 Å². The van der Waals surface area contributed by atoms with E-state index in [-0.39, 0.29) is 5.91 Å². The molecular formula is C24H35N3O4+2.